The van der Waals surface area contributed by atoms with Gasteiger partial charge in [-0.3, -0.25) is 4.79 Å². The second-order valence-corrected chi connectivity index (χ2v) is 9.63. The first-order chi connectivity index (χ1) is 19.6. The average Bonchev–Trinajstić information content (AvgIpc) is 3.31. The Morgan fingerprint density at radius 3 is 1.85 bits per heavy atom. The molecule has 5 rings (SSSR count). The fourth-order valence-corrected chi connectivity index (χ4v) is 4.97. The van der Waals surface area contributed by atoms with Gasteiger partial charge in [-0.2, -0.15) is 0 Å². The summed E-state index contributed by atoms with van der Waals surface area (Å²) in [5.74, 6) is 0.908. The van der Waals surface area contributed by atoms with Crippen LogP contribution in [0.2, 0.25) is 0 Å². The van der Waals surface area contributed by atoms with Crippen molar-refractivity contribution in [2.75, 3.05) is 7.11 Å². The third-order valence-corrected chi connectivity index (χ3v) is 7.05. The molecule has 40 heavy (non-hydrogen) atoms. The Labute approximate surface area is 236 Å². The molecule has 0 aliphatic rings. The summed E-state index contributed by atoms with van der Waals surface area (Å²) < 4.78 is 11.5. The van der Waals surface area contributed by atoms with E-state index in [-0.39, 0.29) is 18.3 Å². The van der Waals surface area contributed by atoms with Crippen LogP contribution in [0.25, 0.3) is 17.7 Å². The van der Waals surface area contributed by atoms with Gasteiger partial charge in [0.1, 0.15) is 17.9 Å². The maximum Gasteiger partial charge on any atom is 0.313 e. The molecule has 0 aliphatic carbocycles. The lowest BCUT2D eigenvalue weighted by Gasteiger charge is -2.16. The molecule has 1 heterocycles. The molecule has 3 nitrogen and oxygen atoms in total. The third-order valence-electron chi connectivity index (χ3n) is 7.05. The highest BCUT2D eigenvalue weighted by Gasteiger charge is 2.25. The molecular formula is C37H32O3. The largest absolute Gasteiger partial charge is 0.469 e. The summed E-state index contributed by atoms with van der Waals surface area (Å²) in [6, 6.07) is 41.3. The molecule has 0 N–H and O–H groups in total. The van der Waals surface area contributed by atoms with Crippen LogP contribution in [0.5, 0.6) is 0 Å². The molecule has 0 saturated heterocycles. The van der Waals surface area contributed by atoms with Crippen molar-refractivity contribution in [1.29, 1.82) is 0 Å². The molecule has 0 amide bonds. The Bertz CT molecular complexity index is 1550. The first kappa shape index (κ1) is 26.7. The number of ether oxygens (including phenoxy) is 1. The highest BCUT2D eigenvalue weighted by atomic mass is 16.5. The molecule has 3 heteroatoms. The monoisotopic (exact) mass is 524 g/mol. The van der Waals surface area contributed by atoms with Crippen molar-refractivity contribution in [2.24, 2.45) is 0 Å². The van der Waals surface area contributed by atoms with E-state index in [1.54, 1.807) is 0 Å². The van der Waals surface area contributed by atoms with Crippen molar-refractivity contribution in [1.82, 2.24) is 0 Å². The van der Waals surface area contributed by atoms with Gasteiger partial charge in [-0.05, 0) is 46.4 Å². The van der Waals surface area contributed by atoms with E-state index in [0.717, 1.165) is 44.7 Å². The van der Waals surface area contributed by atoms with Gasteiger partial charge in [-0.1, -0.05) is 133 Å². The number of methoxy groups -OCH3 is 1. The van der Waals surface area contributed by atoms with Crippen LogP contribution in [-0.4, -0.2) is 13.1 Å². The van der Waals surface area contributed by atoms with Crippen LogP contribution in [0.3, 0.4) is 0 Å². The van der Waals surface area contributed by atoms with Crippen LogP contribution in [0.1, 0.15) is 50.8 Å². The van der Waals surface area contributed by atoms with Crippen molar-refractivity contribution in [3.63, 3.8) is 0 Å². The first-order valence-electron chi connectivity index (χ1n) is 13.4. The maximum absolute atomic E-state index is 12.4. The highest BCUT2D eigenvalue weighted by molar-refractivity contribution is 5.91. The van der Waals surface area contributed by atoms with Gasteiger partial charge >= 0.3 is 5.97 Å². The van der Waals surface area contributed by atoms with Gasteiger partial charge in [0.25, 0.3) is 0 Å². The molecule has 5 aromatic rings. The van der Waals surface area contributed by atoms with E-state index in [0.29, 0.717) is 5.76 Å². The Morgan fingerprint density at radius 2 is 1.30 bits per heavy atom. The zero-order valence-electron chi connectivity index (χ0n) is 22.8. The number of carbonyl (C=O) groups excluding carboxylic acids is 1. The van der Waals surface area contributed by atoms with Crippen molar-refractivity contribution in [2.45, 2.75) is 19.3 Å². The summed E-state index contributed by atoms with van der Waals surface area (Å²) in [5, 5.41) is 0. The van der Waals surface area contributed by atoms with Gasteiger partial charge in [0.15, 0.2) is 0 Å². The molecule has 0 bridgehead atoms. The van der Waals surface area contributed by atoms with Crippen LogP contribution in [-0.2, 0) is 16.0 Å². The lowest BCUT2D eigenvalue weighted by Crippen LogP contribution is -2.05. The van der Waals surface area contributed by atoms with Gasteiger partial charge in [0, 0.05) is 11.5 Å². The molecule has 0 saturated carbocycles. The molecule has 0 fully saturated rings. The number of rotatable bonds is 9. The maximum atomic E-state index is 12.4. The summed E-state index contributed by atoms with van der Waals surface area (Å²) >= 11 is 0. The summed E-state index contributed by atoms with van der Waals surface area (Å²) in [4.78, 5) is 12.4. The summed E-state index contributed by atoms with van der Waals surface area (Å²) in [5.41, 5.74) is 7.44. The van der Waals surface area contributed by atoms with Gasteiger partial charge in [-0.25, -0.2) is 0 Å². The zero-order valence-corrected chi connectivity index (χ0v) is 22.8. The molecule has 0 radical (unpaired) electrons. The minimum Gasteiger partial charge on any atom is -0.469 e. The lowest BCUT2D eigenvalue weighted by molar-refractivity contribution is -0.140. The van der Waals surface area contributed by atoms with E-state index < -0.39 is 0 Å². The molecule has 198 valence electrons. The fraction of sp³-hybridized carbons (Fsp3) is 0.108. The van der Waals surface area contributed by atoms with Crippen LogP contribution >= 0.6 is 0 Å². The van der Waals surface area contributed by atoms with Gasteiger partial charge in [-0.15, -0.1) is 0 Å². The average molecular weight is 525 g/mol. The molecule has 4 aromatic carbocycles. The SMILES string of the molecule is COC(=O)Cc1oc(C=C(c2ccccc2)c2ccccc2)c(C(/C=C/c2ccccc2)c2ccccc2)c1C. The summed E-state index contributed by atoms with van der Waals surface area (Å²) in [6.45, 7) is 2.03. The topological polar surface area (TPSA) is 39.4 Å². The molecule has 0 spiro atoms. The summed E-state index contributed by atoms with van der Waals surface area (Å²) in [7, 11) is 1.40. The predicted octanol–water partition coefficient (Wildman–Crippen LogP) is 8.74. The van der Waals surface area contributed by atoms with Crippen LogP contribution in [0.4, 0.5) is 0 Å². The quantitative estimate of drug-likeness (QED) is 0.181. The van der Waals surface area contributed by atoms with Crippen LogP contribution < -0.4 is 0 Å². The third kappa shape index (κ3) is 6.22. The zero-order chi connectivity index (χ0) is 27.7. The van der Waals surface area contributed by atoms with E-state index in [9.17, 15) is 4.79 Å². The van der Waals surface area contributed by atoms with E-state index >= 15 is 0 Å². The Kier molecular flexibility index (Phi) is 8.53. The molecule has 1 aromatic heterocycles. The van der Waals surface area contributed by atoms with Crippen molar-refractivity contribution in [3.8, 4) is 0 Å². The fourth-order valence-electron chi connectivity index (χ4n) is 4.97. The number of allylic oxidation sites excluding steroid dienone is 1. The van der Waals surface area contributed by atoms with E-state index in [4.69, 9.17) is 9.15 Å². The van der Waals surface area contributed by atoms with Crippen molar-refractivity contribution in [3.05, 3.63) is 172 Å². The smallest absolute Gasteiger partial charge is 0.313 e. The normalized spacial score (nSPS) is 11.8. The number of hydrogen-bond acceptors (Lipinski definition) is 3. The van der Waals surface area contributed by atoms with Gasteiger partial charge < -0.3 is 9.15 Å². The molecule has 1 atom stereocenters. The van der Waals surface area contributed by atoms with Gasteiger partial charge in [0.2, 0.25) is 0 Å². The standard InChI is InChI=1S/C37H32O3/c1-27-34(26-36(38)39-2)40-35(25-33(30-19-11-5-12-20-30)31-21-13-6-14-22-31)37(27)32(29-17-9-4-10-18-29)24-23-28-15-7-3-8-16-28/h3-25,32H,26H2,1-2H3/b24-23+. The number of benzene rings is 4. The molecule has 0 aliphatic heterocycles. The first-order valence-corrected chi connectivity index (χ1v) is 13.4. The van der Waals surface area contributed by atoms with Crippen LogP contribution in [0.15, 0.2) is 132 Å². The van der Waals surface area contributed by atoms with Crippen molar-refractivity contribution >= 4 is 23.7 Å². The van der Waals surface area contributed by atoms with E-state index in [1.165, 1.54) is 7.11 Å². The lowest BCUT2D eigenvalue weighted by atomic mass is 9.86. The highest BCUT2D eigenvalue weighted by Crippen LogP contribution is 2.38. The predicted molar refractivity (Wildman–Crippen MR) is 163 cm³/mol. The molecule has 1 unspecified atom stereocenters. The minimum absolute atomic E-state index is 0.0685. The second-order valence-electron chi connectivity index (χ2n) is 9.63. The number of esters is 1. The second kappa shape index (κ2) is 12.8. The Balaban J connectivity index is 1.73. The molecular weight excluding hydrogens is 492 g/mol. The van der Waals surface area contributed by atoms with Crippen molar-refractivity contribution < 1.29 is 13.9 Å². The number of hydrogen-bond donors (Lipinski definition) is 0. The van der Waals surface area contributed by atoms with Gasteiger partial charge in [0.05, 0.1) is 7.11 Å². The minimum atomic E-state index is -0.332. The van der Waals surface area contributed by atoms with E-state index in [2.05, 4.69) is 78.9 Å². The Morgan fingerprint density at radius 1 is 0.775 bits per heavy atom. The van der Waals surface area contributed by atoms with E-state index in [1.807, 2.05) is 67.6 Å². The number of furan rings is 1. The Hall–Kier alpha value is -4.89. The summed E-state index contributed by atoms with van der Waals surface area (Å²) in [6.07, 6.45) is 6.54. The number of carbonyl (C=O) groups is 1. The van der Waals surface area contributed by atoms with Crippen LogP contribution in [0, 0.1) is 6.92 Å².